The van der Waals surface area contributed by atoms with Crippen molar-refractivity contribution in [3.8, 4) is 0 Å². The lowest BCUT2D eigenvalue weighted by molar-refractivity contribution is -0.145. The molecular formula is C14H27NO3. The molecule has 0 heterocycles. The van der Waals surface area contributed by atoms with Crippen LogP contribution in [0.4, 0.5) is 0 Å². The van der Waals surface area contributed by atoms with E-state index in [9.17, 15) is 9.90 Å². The molecule has 18 heavy (non-hydrogen) atoms. The van der Waals surface area contributed by atoms with Gasteiger partial charge in [0, 0.05) is 12.6 Å². The van der Waals surface area contributed by atoms with Crippen LogP contribution in [-0.2, 0) is 9.53 Å². The lowest BCUT2D eigenvalue weighted by Gasteiger charge is -2.34. The molecular weight excluding hydrogens is 230 g/mol. The number of aliphatic hydroxyl groups excluding tert-OH is 1. The van der Waals surface area contributed by atoms with Crippen molar-refractivity contribution < 1.29 is 14.6 Å². The van der Waals surface area contributed by atoms with Crippen molar-refractivity contribution in [1.82, 2.24) is 4.90 Å². The van der Waals surface area contributed by atoms with E-state index in [4.69, 9.17) is 4.74 Å². The molecule has 106 valence electrons. The van der Waals surface area contributed by atoms with Gasteiger partial charge in [-0.15, -0.1) is 0 Å². The minimum Gasteiger partial charge on any atom is -0.466 e. The van der Waals surface area contributed by atoms with Gasteiger partial charge in [-0.2, -0.15) is 0 Å². The Kier molecular flexibility index (Phi) is 6.65. The third-order valence-corrected chi connectivity index (χ3v) is 3.82. The van der Waals surface area contributed by atoms with E-state index in [2.05, 4.69) is 11.8 Å². The summed E-state index contributed by atoms with van der Waals surface area (Å²) >= 11 is 0. The number of carbonyl (C=O) groups is 1. The molecule has 0 amide bonds. The molecule has 1 rings (SSSR count). The van der Waals surface area contributed by atoms with Crippen LogP contribution in [0, 0.1) is 5.92 Å². The normalized spacial score (nSPS) is 26.1. The zero-order chi connectivity index (χ0) is 13.5. The van der Waals surface area contributed by atoms with Crippen LogP contribution in [0.5, 0.6) is 0 Å². The zero-order valence-corrected chi connectivity index (χ0v) is 11.9. The fraction of sp³-hybridized carbons (Fsp3) is 0.929. The summed E-state index contributed by atoms with van der Waals surface area (Å²) in [6.07, 6.45) is 4.41. The molecule has 0 spiro atoms. The van der Waals surface area contributed by atoms with Gasteiger partial charge in [-0.25, -0.2) is 0 Å². The summed E-state index contributed by atoms with van der Waals surface area (Å²) in [6.45, 7) is 5.01. The standard InChI is InChI=1S/C14H27NO3/c1-4-18-14(17)9-13(16)10-15(3)12-7-5-11(2)6-8-12/h11-13,16H,4-10H2,1-3H3. The maximum atomic E-state index is 11.3. The van der Waals surface area contributed by atoms with Crippen molar-refractivity contribution in [3.63, 3.8) is 0 Å². The van der Waals surface area contributed by atoms with Crippen LogP contribution in [-0.4, -0.2) is 48.3 Å². The topological polar surface area (TPSA) is 49.8 Å². The second-order valence-corrected chi connectivity index (χ2v) is 5.52. The predicted molar refractivity (Wildman–Crippen MR) is 71.3 cm³/mol. The van der Waals surface area contributed by atoms with Gasteiger partial charge in [0.15, 0.2) is 0 Å². The van der Waals surface area contributed by atoms with Crippen LogP contribution < -0.4 is 0 Å². The highest BCUT2D eigenvalue weighted by atomic mass is 16.5. The molecule has 4 heteroatoms. The fourth-order valence-corrected chi connectivity index (χ4v) is 2.64. The van der Waals surface area contributed by atoms with E-state index in [0.29, 0.717) is 19.2 Å². The van der Waals surface area contributed by atoms with Crippen molar-refractivity contribution in [2.24, 2.45) is 5.92 Å². The molecule has 0 aromatic heterocycles. The first-order valence-corrected chi connectivity index (χ1v) is 7.06. The Morgan fingerprint density at radius 3 is 2.56 bits per heavy atom. The van der Waals surface area contributed by atoms with Gasteiger partial charge < -0.3 is 14.7 Å². The number of hydrogen-bond acceptors (Lipinski definition) is 4. The van der Waals surface area contributed by atoms with Crippen molar-refractivity contribution in [2.45, 2.75) is 58.1 Å². The Labute approximate surface area is 110 Å². The highest BCUT2D eigenvalue weighted by Gasteiger charge is 2.23. The number of likely N-dealkylation sites (N-methyl/N-ethyl adjacent to an activating group) is 1. The van der Waals surface area contributed by atoms with Gasteiger partial charge >= 0.3 is 5.97 Å². The van der Waals surface area contributed by atoms with Crippen LogP contribution in [0.3, 0.4) is 0 Å². The molecule has 0 aromatic rings. The molecule has 1 fully saturated rings. The zero-order valence-electron chi connectivity index (χ0n) is 11.9. The van der Waals surface area contributed by atoms with E-state index in [1.54, 1.807) is 6.92 Å². The van der Waals surface area contributed by atoms with Crippen LogP contribution in [0.25, 0.3) is 0 Å². The molecule has 0 saturated heterocycles. The fourth-order valence-electron chi connectivity index (χ4n) is 2.64. The van der Waals surface area contributed by atoms with Crippen molar-refractivity contribution >= 4 is 5.97 Å². The monoisotopic (exact) mass is 257 g/mol. The Bertz CT molecular complexity index is 249. The molecule has 1 N–H and O–H groups in total. The number of esters is 1. The SMILES string of the molecule is CCOC(=O)CC(O)CN(C)C1CCC(C)CC1. The maximum absolute atomic E-state index is 11.3. The lowest BCUT2D eigenvalue weighted by Crippen LogP contribution is -2.40. The summed E-state index contributed by atoms with van der Waals surface area (Å²) in [5.74, 6) is 0.523. The molecule has 0 radical (unpaired) electrons. The number of rotatable bonds is 6. The molecule has 0 aromatic carbocycles. The van der Waals surface area contributed by atoms with Gasteiger partial charge in [-0.05, 0) is 45.6 Å². The average molecular weight is 257 g/mol. The number of aliphatic hydroxyl groups is 1. The summed E-state index contributed by atoms with van der Waals surface area (Å²) in [5.41, 5.74) is 0. The molecule has 4 nitrogen and oxygen atoms in total. The molecule has 0 aliphatic heterocycles. The van der Waals surface area contributed by atoms with E-state index < -0.39 is 6.10 Å². The van der Waals surface area contributed by atoms with E-state index >= 15 is 0 Å². The van der Waals surface area contributed by atoms with Crippen LogP contribution in [0.1, 0.15) is 46.0 Å². The highest BCUT2D eigenvalue weighted by molar-refractivity contribution is 5.69. The lowest BCUT2D eigenvalue weighted by atomic mass is 9.86. The largest absolute Gasteiger partial charge is 0.466 e. The Balaban J connectivity index is 2.26. The number of nitrogens with zero attached hydrogens (tertiary/aromatic N) is 1. The van der Waals surface area contributed by atoms with Gasteiger partial charge in [0.1, 0.15) is 0 Å². The number of ether oxygens (including phenoxy) is 1. The number of hydrogen-bond donors (Lipinski definition) is 1. The van der Waals surface area contributed by atoms with E-state index in [1.807, 2.05) is 7.05 Å². The first kappa shape index (κ1) is 15.4. The quantitative estimate of drug-likeness (QED) is 0.737. The molecule has 1 saturated carbocycles. The molecule has 1 aliphatic rings. The summed E-state index contributed by atoms with van der Waals surface area (Å²) in [4.78, 5) is 13.4. The van der Waals surface area contributed by atoms with Crippen molar-refractivity contribution in [1.29, 1.82) is 0 Å². The Morgan fingerprint density at radius 2 is 2.00 bits per heavy atom. The van der Waals surface area contributed by atoms with Gasteiger partial charge in [-0.3, -0.25) is 4.79 Å². The van der Waals surface area contributed by atoms with Gasteiger partial charge in [-0.1, -0.05) is 6.92 Å². The van der Waals surface area contributed by atoms with Crippen LogP contribution in [0.2, 0.25) is 0 Å². The maximum Gasteiger partial charge on any atom is 0.308 e. The smallest absolute Gasteiger partial charge is 0.308 e. The van der Waals surface area contributed by atoms with Crippen molar-refractivity contribution in [3.05, 3.63) is 0 Å². The minimum atomic E-state index is -0.617. The minimum absolute atomic E-state index is 0.0985. The molecule has 1 atom stereocenters. The summed E-state index contributed by atoms with van der Waals surface area (Å²) in [5, 5.41) is 9.86. The molecule has 0 bridgehead atoms. The third kappa shape index (κ3) is 5.36. The molecule has 1 aliphatic carbocycles. The van der Waals surface area contributed by atoms with Crippen molar-refractivity contribution in [2.75, 3.05) is 20.2 Å². The summed E-state index contributed by atoms with van der Waals surface area (Å²) in [7, 11) is 2.04. The molecule has 1 unspecified atom stereocenters. The third-order valence-electron chi connectivity index (χ3n) is 3.82. The van der Waals surface area contributed by atoms with Crippen LogP contribution in [0.15, 0.2) is 0 Å². The average Bonchev–Trinajstić information content (AvgIpc) is 2.29. The van der Waals surface area contributed by atoms with E-state index in [1.165, 1.54) is 25.7 Å². The van der Waals surface area contributed by atoms with E-state index in [0.717, 1.165) is 5.92 Å². The Hall–Kier alpha value is -0.610. The van der Waals surface area contributed by atoms with Gasteiger partial charge in [0.2, 0.25) is 0 Å². The Morgan fingerprint density at radius 1 is 1.39 bits per heavy atom. The second kappa shape index (κ2) is 7.74. The van der Waals surface area contributed by atoms with Crippen LogP contribution >= 0.6 is 0 Å². The van der Waals surface area contributed by atoms with Gasteiger partial charge in [0.05, 0.1) is 19.1 Å². The van der Waals surface area contributed by atoms with Gasteiger partial charge in [0.25, 0.3) is 0 Å². The summed E-state index contributed by atoms with van der Waals surface area (Å²) in [6, 6.07) is 0.554. The summed E-state index contributed by atoms with van der Waals surface area (Å²) < 4.78 is 4.84. The first-order chi connectivity index (χ1) is 8.52. The second-order valence-electron chi connectivity index (χ2n) is 5.52. The predicted octanol–water partition coefficient (Wildman–Crippen LogP) is 1.81. The van der Waals surface area contributed by atoms with E-state index in [-0.39, 0.29) is 12.4 Å². The highest BCUT2D eigenvalue weighted by Crippen LogP contribution is 2.26. The number of carbonyl (C=O) groups excluding carboxylic acids is 1. The first-order valence-electron chi connectivity index (χ1n) is 7.06.